The van der Waals surface area contributed by atoms with Crippen molar-refractivity contribution >= 4 is 34.2 Å². The maximum Gasteiger partial charge on any atom is 0.116 e. The third-order valence-electron chi connectivity index (χ3n) is 0.903. The van der Waals surface area contributed by atoms with Crippen molar-refractivity contribution in [3.63, 3.8) is 0 Å². The van der Waals surface area contributed by atoms with Crippen molar-refractivity contribution < 1.29 is 5.11 Å². The fraction of sp³-hybridized carbons (Fsp3) is 0. The van der Waals surface area contributed by atoms with Crippen molar-refractivity contribution in [3.8, 4) is 5.75 Å². The Morgan fingerprint density at radius 3 is 2.56 bits per heavy atom. The lowest BCUT2D eigenvalue weighted by Gasteiger charge is -1.93. The highest BCUT2D eigenvalue weighted by Crippen LogP contribution is 2.21. The van der Waals surface area contributed by atoms with Crippen molar-refractivity contribution in [1.82, 2.24) is 0 Å². The predicted octanol–water partition coefficient (Wildman–Crippen LogP) is 2.65. The van der Waals surface area contributed by atoms with E-state index in [-0.39, 0.29) is 5.75 Å². The molecule has 0 radical (unpaired) electrons. The molecular formula is C6H4ClIO. The quantitative estimate of drug-likeness (QED) is 0.706. The molecule has 0 saturated carbocycles. The number of phenolic OH excluding ortho intramolecular Hbond substituents is 1. The zero-order chi connectivity index (χ0) is 6.85. The zero-order valence-electron chi connectivity index (χ0n) is 4.44. The summed E-state index contributed by atoms with van der Waals surface area (Å²) in [5, 5.41) is 9.55. The van der Waals surface area contributed by atoms with Gasteiger partial charge in [-0.1, -0.05) is 11.6 Å². The molecule has 0 aromatic heterocycles. The fourth-order valence-electron chi connectivity index (χ4n) is 0.485. The molecule has 1 rings (SSSR count). The number of halogens is 2. The Hall–Kier alpha value is 0.0400. The highest BCUT2D eigenvalue weighted by Gasteiger charge is 1.94. The second kappa shape index (κ2) is 2.75. The van der Waals surface area contributed by atoms with E-state index in [9.17, 15) is 0 Å². The SMILES string of the molecule is Oc1ccc(Cl)c(I)c1. The lowest BCUT2D eigenvalue weighted by Crippen LogP contribution is -1.71. The van der Waals surface area contributed by atoms with E-state index in [0.29, 0.717) is 5.02 Å². The van der Waals surface area contributed by atoms with Crippen LogP contribution >= 0.6 is 34.2 Å². The van der Waals surface area contributed by atoms with Crippen LogP contribution in [0.15, 0.2) is 18.2 Å². The highest BCUT2D eigenvalue weighted by molar-refractivity contribution is 14.1. The van der Waals surface area contributed by atoms with Gasteiger partial charge in [0.1, 0.15) is 5.75 Å². The van der Waals surface area contributed by atoms with E-state index >= 15 is 0 Å². The molecule has 0 spiro atoms. The predicted molar refractivity (Wildman–Crippen MR) is 45.8 cm³/mol. The molecule has 0 atom stereocenters. The minimum absolute atomic E-state index is 0.254. The lowest BCUT2D eigenvalue weighted by atomic mass is 10.3. The molecule has 0 aliphatic carbocycles. The van der Waals surface area contributed by atoms with Crippen LogP contribution in [-0.4, -0.2) is 5.11 Å². The third kappa shape index (κ3) is 1.72. The topological polar surface area (TPSA) is 20.2 Å². The van der Waals surface area contributed by atoms with Crippen LogP contribution in [0.25, 0.3) is 0 Å². The number of rotatable bonds is 0. The van der Waals surface area contributed by atoms with Crippen LogP contribution in [0.4, 0.5) is 0 Å². The number of phenols is 1. The van der Waals surface area contributed by atoms with Crippen molar-refractivity contribution in [2.45, 2.75) is 0 Å². The minimum Gasteiger partial charge on any atom is -0.508 e. The summed E-state index contributed by atoms with van der Waals surface area (Å²) < 4.78 is 0.870. The second-order valence-electron chi connectivity index (χ2n) is 1.60. The van der Waals surface area contributed by atoms with Gasteiger partial charge in [0, 0.05) is 3.57 Å². The number of benzene rings is 1. The summed E-state index contributed by atoms with van der Waals surface area (Å²) in [6.07, 6.45) is 0. The van der Waals surface area contributed by atoms with Gasteiger partial charge in [-0.2, -0.15) is 0 Å². The summed E-state index contributed by atoms with van der Waals surface area (Å²) in [6.45, 7) is 0. The maximum atomic E-state index is 8.87. The summed E-state index contributed by atoms with van der Waals surface area (Å²) in [5.41, 5.74) is 0. The van der Waals surface area contributed by atoms with Gasteiger partial charge in [0.2, 0.25) is 0 Å². The molecule has 0 unspecified atom stereocenters. The van der Waals surface area contributed by atoms with Crippen molar-refractivity contribution in [2.75, 3.05) is 0 Å². The molecule has 0 fully saturated rings. The fourth-order valence-corrected chi connectivity index (χ4v) is 1.10. The van der Waals surface area contributed by atoms with Crippen LogP contribution in [-0.2, 0) is 0 Å². The normalized spacial score (nSPS) is 9.56. The molecule has 0 saturated heterocycles. The van der Waals surface area contributed by atoms with E-state index in [4.69, 9.17) is 16.7 Å². The Morgan fingerprint density at radius 2 is 2.11 bits per heavy atom. The molecule has 1 aromatic carbocycles. The van der Waals surface area contributed by atoms with Gasteiger partial charge in [-0.3, -0.25) is 0 Å². The first kappa shape index (κ1) is 7.15. The molecule has 0 aliphatic heterocycles. The highest BCUT2D eigenvalue weighted by atomic mass is 127. The molecule has 3 heteroatoms. The summed E-state index contributed by atoms with van der Waals surface area (Å²) in [5.74, 6) is 0.254. The summed E-state index contributed by atoms with van der Waals surface area (Å²) in [6, 6.07) is 4.84. The first-order valence-electron chi connectivity index (χ1n) is 2.34. The molecule has 9 heavy (non-hydrogen) atoms. The first-order chi connectivity index (χ1) is 4.20. The van der Waals surface area contributed by atoms with Crippen LogP contribution in [0.1, 0.15) is 0 Å². The minimum atomic E-state index is 0.254. The average molecular weight is 254 g/mol. The van der Waals surface area contributed by atoms with Crippen LogP contribution in [0.3, 0.4) is 0 Å². The van der Waals surface area contributed by atoms with E-state index in [2.05, 4.69) is 22.6 Å². The lowest BCUT2D eigenvalue weighted by molar-refractivity contribution is 0.475. The number of aromatic hydroxyl groups is 1. The van der Waals surface area contributed by atoms with Gasteiger partial charge in [0.05, 0.1) is 5.02 Å². The van der Waals surface area contributed by atoms with Crippen LogP contribution in [0, 0.1) is 3.57 Å². The van der Waals surface area contributed by atoms with E-state index in [1.54, 1.807) is 18.2 Å². The van der Waals surface area contributed by atoms with Crippen molar-refractivity contribution in [3.05, 3.63) is 26.8 Å². The van der Waals surface area contributed by atoms with Gasteiger partial charge in [0.25, 0.3) is 0 Å². The molecule has 1 N–H and O–H groups in total. The van der Waals surface area contributed by atoms with Gasteiger partial charge in [-0.05, 0) is 40.8 Å². The Morgan fingerprint density at radius 1 is 1.44 bits per heavy atom. The summed E-state index contributed by atoms with van der Waals surface area (Å²) in [7, 11) is 0. The molecule has 0 heterocycles. The summed E-state index contributed by atoms with van der Waals surface area (Å²) in [4.78, 5) is 0. The van der Waals surface area contributed by atoms with Crippen molar-refractivity contribution in [2.24, 2.45) is 0 Å². The molecule has 48 valence electrons. The van der Waals surface area contributed by atoms with Crippen LogP contribution in [0.5, 0.6) is 5.75 Å². The Kier molecular flexibility index (Phi) is 2.18. The van der Waals surface area contributed by atoms with Crippen LogP contribution < -0.4 is 0 Å². The monoisotopic (exact) mass is 254 g/mol. The van der Waals surface area contributed by atoms with Crippen LogP contribution in [0.2, 0.25) is 5.02 Å². The smallest absolute Gasteiger partial charge is 0.116 e. The molecule has 0 amide bonds. The van der Waals surface area contributed by atoms with Gasteiger partial charge in [-0.15, -0.1) is 0 Å². The molecule has 1 aromatic rings. The molecule has 0 aliphatic rings. The van der Waals surface area contributed by atoms with Gasteiger partial charge >= 0.3 is 0 Å². The third-order valence-corrected chi connectivity index (χ3v) is 2.44. The van der Waals surface area contributed by atoms with E-state index < -0.39 is 0 Å². The number of hydrogen-bond donors (Lipinski definition) is 1. The van der Waals surface area contributed by atoms with Gasteiger partial charge in [0.15, 0.2) is 0 Å². The number of hydrogen-bond acceptors (Lipinski definition) is 1. The largest absolute Gasteiger partial charge is 0.508 e. The van der Waals surface area contributed by atoms with Gasteiger partial charge < -0.3 is 5.11 Å². The summed E-state index contributed by atoms with van der Waals surface area (Å²) >= 11 is 7.72. The first-order valence-corrected chi connectivity index (χ1v) is 3.80. The maximum absolute atomic E-state index is 8.87. The second-order valence-corrected chi connectivity index (χ2v) is 3.17. The zero-order valence-corrected chi connectivity index (χ0v) is 7.35. The Labute approximate surface area is 71.8 Å². The van der Waals surface area contributed by atoms with E-state index in [0.717, 1.165) is 3.57 Å². The molecular weight excluding hydrogens is 250 g/mol. The van der Waals surface area contributed by atoms with Gasteiger partial charge in [-0.25, -0.2) is 0 Å². The Balaban J connectivity index is 3.17. The Bertz CT molecular complexity index is 224. The van der Waals surface area contributed by atoms with E-state index in [1.165, 1.54) is 0 Å². The molecule has 1 nitrogen and oxygen atoms in total. The standard InChI is InChI=1S/C6H4ClIO/c7-5-2-1-4(9)3-6(5)8/h1-3,9H. The average Bonchev–Trinajstić information content (AvgIpc) is 1.80. The van der Waals surface area contributed by atoms with E-state index in [1.807, 2.05) is 0 Å². The van der Waals surface area contributed by atoms with Crippen molar-refractivity contribution in [1.29, 1.82) is 0 Å². The molecule has 0 bridgehead atoms.